The zero-order valence-electron chi connectivity index (χ0n) is 15.9. The molecule has 0 bridgehead atoms. The van der Waals surface area contributed by atoms with Crippen molar-refractivity contribution in [3.8, 4) is 0 Å². The van der Waals surface area contributed by atoms with Gasteiger partial charge in [-0.3, -0.25) is 4.18 Å². The van der Waals surface area contributed by atoms with Gasteiger partial charge in [0.25, 0.3) is 0 Å². The van der Waals surface area contributed by atoms with Gasteiger partial charge in [-0.25, -0.2) is 21.6 Å². The van der Waals surface area contributed by atoms with Crippen LogP contribution < -0.4 is 9.83 Å². The van der Waals surface area contributed by atoms with E-state index in [-0.39, 0.29) is 25.2 Å². The summed E-state index contributed by atoms with van der Waals surface area (Å²) in [6, 6.07) is -1.49. The molecule has 2 saturated carbocycles. The highest BCUT2D eigenvalue weighted by Gasteiger charge is 2.44. The molecule has 0 aromatic rings. The van der Waals surface area contributed by atoms with Crippen LogP contribution in [0.2, 0.25) is 0 Å². The molecule has 0 radical (unpaired) electrons. The number of ether oxygens (including phenoxy) is 1. The van der Waals surface area contributed by atoms with Crippen LogP contribution in [-0.2, 0) is 34.4 Å². The minimum absolute atomic E-state index is 0.124. The normalized spacial score (nSPS) is 38.3. The van der Waals surface area contributed by atoms with E-state index in [2.05, 4.69) is 4.18 Å². The van der Waals surface area contributed by atoms with E-state index in [1.165, 1.54) is 0 Å². The second-order valence-corrected chi connectivity index (χ2v) is 10.0. The second kappa shape index (κ2) is 9.70. The first kappa shape index (κ1) is 25.4. The lowest BCUT2D eigenvalue weighted by atomic mass is 9.77. The van der Waals surface area contributed by atoms with E-state index in [0.717, 1.165) is 0 Å². The van der Waals surface area contributed by atoms with Crippen molar-refractivity contribution in [3.05, 3.63) is 0 Å². The third-order valence-corrected chi connectivity index (χ3v) is 6.55. The van der Waals surface area contributed by atoms with Crippen LogP contribution in [0.4, 0.5) is 0 Å². The maximum atomic E-state index is 11.5. The van der Waals surface area contributed by atoms with Crippen molar-refractivity contribution in [2.45, 2.75) is 63.1 Å². The number of carbonyl (C=O) groups is 1. The molecule has 0 aromatic heterocycles. The second-order valence-electron chi connectivity index (χ2n) is 7.81. The fourth-order valence-corrected chi connectivity index (χ4v) is 5.05. The molecule has 3 N–H and O–H groups in total. The molecule has 0 aliphatic heterocycles. The summed E-state index contributed by atoms with van der Waals surface area (Å²) in [6.45, 7) is 1.03. The van der Waals surface area contributed by atoms with Crippen LogP contribution in [0.3, 0.4) is 0 Å². The number of aliphatic hydroxyl groups is 2. The summed E-state index contributed by atoms with van der Waals surface area (Å²) in [5, 5.41) is 32.2. The lowest BCUT2D eigenvalue weighted by Crippen LogP contribution is -2.59. The van der Waals surface area contributed by atoms with E-state index < -0.39 is 75.6 Å². The lowest BCUT2D eigenvalue weighted by Gasteiger charge is -2.46. The zero-order chi connectivity index (χ0) is 22.9. The minimum atomic E-state index is -5.05. The Morgan fingerprint density at radius 1 is 1.13 bits per heavy atom. The highest BCUT2D eigenvalue weighted by molar-refractivity contribution is 7.83. The summed E-state index contributed by atoms with van der Waals surface area (Å²) in [5.41, 5.74) is 0. The molecule has 0 aromatic carbocycles. The van der Waals surface area contributed by atoms with Crippen molar-refractivity contribution in [3.63, 3.8) is 0 Å². The molecule has 2 aliphatic carbocycles. The fraction of sp³-hybridized carbons (Fsp3) is 0.933. The monoisotopic (exact) mass is 474 g/mol. The molecule has 15 heteroatoms. The number of carboxylic acids is 1. The van der Waals surface area contributed by atoms with Crippen molar-refractivity contribution in [1.82, 2.24) is 4.72 Å². The zero-order valence-corrected chi connectivity index (χ0v) is 17.6. The van der Waals surface area contributed by atoms with Gasteiger partial charge in [0.1, 0.15) is 0 Å². The van der Waals surface area contributed by atoms with Crippen LogP contribution in [0.1, 0.15) is 32.6 Å². The Hall–Kier alpha value is -0.910. The van der Waals surface area contributed by atoms with E-state index in [0.29, 0.717) is 6.42 Å². The first-order valence-electron chi connectivity index (χ1n) is 9.23. The Kier molecular flexibility index (Phi) is 8.20. The van der Waals surface area contributed by atoms with Gasteiger partial charge in [0.15, 0.2) is 10.3 Å². The van der Waals surface area contributed by atoms with Gasteiger partial charge in [-0.05, 0) is 37.5 Å². The molecule has 2 fully saturated rings. The lowest BCUT2D eigenvalue weighted by molar-refractivity contribution is -0.319. The van der Waals surface area contributed by atoms with Gasteiger partial charge in [0.05, 0.1) is 37.1 Å². The molecule has 0 saturated heterocycles. The smallest absolute Gasteiger partial charge is 0.217 e. The molecular formula is C15H24NO12S2-3. The number of carbonyl (C=O) groups excluding carboxylic acids is 1. The summed E-state index contributed by atoms with van der Waals surface area (Å²) < 4.78 is 77.2. The summed E-state index contributed by atoms with van der Waals surface area (Å²) in [5.74, 6) is -3.85. The number of hydrogen-bond donors (Lipinski definition) is 3. The highest BCUT2D eigenvalue weighted by atomic mass is 32.3. The van der Waals surface area contributed by atoms with Crippen molar-refractivity contribution >= 4 is 26.7 Å². The van der Waals surface area contributed by atoms with Gasteiger partial charge >= 0.3 is 0 Å². The number of hydrogen-bond acceptors (Lipinski definition) is 12. The van der Waals surface area contributed by atoms with Gasteiger partial charge in [-0.15, -0.1) is 0 Å². The average molecular weight is 474 g/mol. The van der Waals surface area contributed by atoms with Crippen molar-refractivity contribution in [2.75, 3.05) is 6.61 Å². The molecule has 13 nitrogen and oxygen atoms in total. The molecule has 176 valence electrons. The van der Waals surface area contributed by atoms with E-state index in [9.17, 15) is 46.1 Å². The first-order chi connectivity index (χ1) is 13.7. The van der Waals surface area contributed by atoms with Gasteiger partial charge in [0, 0.05) is 11.9 Å². The van der Waals surface area contributed by atoms with E-state index in [4.69, 9.17) is 4.74 Å². The Morgan fingerprint density at radius 3 is 2.30 bits per heavy atom. The van der Waals surface area contributed by atoms with Gasteiger partial charge in [-0.1, -0.05) is 6.92 Å². The fourth-order valence-electron chi connectivity index (χ4n) is 4.05. The van der Waals surface area contributed by atoms with Crippen molar-refractivity contribution in [1.29, 1.82) is 0 Å². The quantitative estimate of drug-likeness (QED) is 0.231. The minimum Gasteiger partial charge on any atom is -0.735 e. The molecule has 8 atom stereocenters. The third kappa shape index (κ3) is 7.06. The average Bonchev–Trinajstić information content (AvgIpc) is 2.58. The van der Waals surface area contributed by atoms with Crippen LogP contribution >= 0.6 is 0 Å². The molecule has 2 aliphatic rings. The van der Waals surface area contributed by atoms with Gasteiger partial charge in [-0.2, -0.15) is 0 Å². The topological polar surface area (TPSA) is 225 Å². The predicted molar refractivity (Wildman–Crippen MR) is 92.6 cm³/mol. The van der Waals surface area contributed by atoms with Crippen LogP contribution in [-0.4, -0.2) is 79.2 Å². The van der Waals surface area contributed by atoms with E-state index in [1.54, 1.807) is 11.6 Å². The SMILES string of the molecule is CC1CCC(C(=O)[O-])[C@H](O[C@@H]2CC(COS(=O)(=O)[O-])C[C@@H](O)C2NS(=O)(=O)[O-])[C@H]1O. The molecule has 2 rings (SSSR count). The number of aliphatic hydroxyl groups excluding tert-OH is 2. The van der Waals surface area contributed by atoms with E-state index >= 15 is 0 Å². The van der Waals surface area contributed by atoms with Gasteiger partial charge in [0.2, 0.25) is 10.4 Å². The van der Waals surface area contributed by atoms with E-state index in [1.807, 2.05) is 0 Å². The Bertz CT molecular complexity index is 815. The maximum absolute atomic E-state index is 11.5. The van der Waals surface area contributed by atoms with Crippen molar-refractivity contribution in [2.24, 2.45) is 17.8 Å². The van der Waals surface area contributed by atoms with Crippen LogP contribution in [0, 0.1) is 17.8 Å². The highest BCUT2D eigenvalue weighted by Crippen LogP contribution is 2.36. The molecular weight excluding hydrogens is 450 g/mol. The van der Waals surface area contributed by atoms with Crippen LogP contribution in [0.25, 0.3) is 0 Å². The van der Waals surface area contributed by atoms with Crippen LogP contribution in [0.5, 0.6) is 0 Å². The van der Waals surface area contributed by atoms with Crippen molar-refractivity contribution < 1.29 is 55.0 Å². The molecule has 0 heterocycles. The standard InChI is InChI=1S/C15H27NO12S2/c1-7-2-3-9(15(19)20)14(13(7)18)28-11-5-8(6-27-30(24,25)26)4-10(17)12(11)16-29(21,22)23/h7-14,16-18H,2-6H2,1H3,(H,19,20)(H,21,22,23)(H,24,25,26)/p-3/t7?,8?,9?,10-,11-,12?,13+,14+/m1/s1. The summed E-state index contributed by atoms with van der Waals surface area (Å²) in [4.78, 5) is 11.5. The third-order valence-electron chi connectivity index (χ3n) is 5.57. The summed E-state index contributed by atoms with van der Waals surface area (Å²) in [7, 11) is -10.1. The number of rotatable bonds is 8. The summed E-state index contributed by atoms with van der Waals surface area (Å²) >= 11 is 0. The van der Waals surface area contributed by atoms with Gasteiger partial charge < -0.3 is 34.0 Å². The predicted octanol–water partition coefficient (Wildman–Crippen LogP) is -3.44. The molecule has 0 spiro atoms. The Balaban J connectivity index is 2.26. The number of aliphatic carboxylic acids is 1. The summed E-state index contributed by atoms with van der Waals surface area (Å²) in [6.07, 6.45) is -5.32. The molecule has 30 heavy (non-hydrogen) atoms. The Labute approximate surface area is 174 Å². The molecule has 4 unspecified atom stereocenters. The Morgan fingerprint density at radius 2 is 1.77 bits per heavy atom. The maximum Gasteiger partial charge on any atom is 0.217 e. The number of nitrogens with one attached hydrogen (secondary N) is 1. The molecule has 0 amide bonds. The van der Waals surface area contributed by atoms with Crippen LogP contribution in [0.15, 0.2) is 0 Å². The number of carboxylic acid groups (broad SMARTS) is 1. The first-order valence-corrected chi connectivity index (χ1v) is 12.0. The largest absolute Gasteiger partial charge is 0.735 e.